The minimum Gasteiger partial charge on any atom is -0.386 e. The van der Waals surface area contributed by atoms with Crippen molar-refractivity contribution < 1.29 is 0 Å². The second kappa shape index (κ2) is 6.25. The van der Waals surface area contributed by atoms with Gasteiger partial charge in [0.25, 0.3) is 0 Å². The number of nitrogens with two attached hydrogens (primary N) is 1. The van der Waals surface area contributed by atoms with Gasteiger partial charge in [-0.15, -0.1) is 35.3 Å². The quantitative estimate of drug-likeness (QED) is 0.516. The van der Waals surface area contributed by atoms with Crippen molar-refractivity contribution in [3.63, 3.8) is 0 Å². The number of aliphatic imine (C=N–C) groups is 1. The van der Waals surface area contributed by atoms with Gasteiger partial charge in [0.15, 0.2) is 0 Å². The van der Waals surface area contributed by atoms with Crippen LogP contribution in [-0.2, 0) is 12.8 Å². The molecule has 0 amide bonds. The SMILES string of the molecule is Cl.N#Cc1c(/N=C(\N)CCl)sc2c1CCCC2. The van der Waals surface area contributed by atoms with Crippen LogP contribution in [-0.4, -0.2) is 11.7 Å². The molecule has 0 atom stereocenters. The molecule has 0 saturated carbocycles. The minimum atomic E-state index is 0. The zero-order valence-electron chi connectivity index (χ0n) is 9.20. The Bertz CT molecular complexity index is 474. The molecule has 0 spiro atoms. The predicted molar refractivity (Wildman–Crippen MR) is 74.9 cm³/mol. The highest BCUT2D eigenvalue weighted by Gasteiger charge is 2.20. The van der Waals surface area contributed by atoms with Crippen LogP contribution in [0.25, 0.3) is 0 Å². The summed E-state index contributed by atoms with van der Waals surface area (Å²) in [5.41, 5.74) is 7.48. The smallest absolute Gasteiger partial charge is 0.136 e. The maximum atomic E-state index is 9.16. The summed E-state index contributed by atoms with van der Waals surface area (Å²) >= 11 is 7.17. The van der Waals surface area contributed by atoms with Crippen LogP contribution in [0, 0.1) is 11.3 Å². The number of hydrogen-bond donors (Lipinski definition) is 1. The zero-order valence-corrected chi connectivity index (χ0v) is 11.6. The van der Waals surface area contributed by atoms with Crippen LogP contribution in [0.5, 0.6) is 0 Å². The van der Waals surface area contributed by atoms with Crippen molar-refractivity contribution in [1.29, 1.82) is 5.26 Å². The highest BCUT2D eigenvalue weighted by atomic mass is 35.5. The Hall–Kier alpha value is -0.760. The zero-order chi connectivity index (χ0) is 11.5. The number of fused-ring (bicyclic) bond motifs is 1. The summed E-state index contributed by atoms with van der Waals surface area (Å²) in [7, 11) is 0. The molecule has 0 radical (unpaired) electrons. The highest BCUT2D eigenvalue weighted by molar-refractivity contribution is 7.16. The summed E-state index contributed by atoms with van der Waals surface area (Å²) in [5, 5.41) is 9.89. The summed E-state index contributed by atoms with van der Waals surface area (Å²) in [4.78, 5) is 5.51. The van der Waals surface area contributed by atoms with Crippen LogP contribution >= 0.6 is 35.3 Å². The Morgan fingerprint density at radius 2 is 2.18 bits per heavy atom. The molecule has 1 heterocycles. The molecule has 2 rings (SSSR count). The number of alkyl halides is 1. The summed E-state index contributed by atoms with van der Waals surface area (Å²) in [6.45, 7) is 0. The number of rotatable bonds is 2. The molecule has 0 saturated heterocycles. The molecule has 6 heteroatoms. The van der Waals surface area contributed by atoms with Gasteiger partial charge in [0.2, 0.25) is 0 Å². The van der Waals surface area contributed by atoms with E-state index in [4.69, 9.17) is 22.6 Å². The van der Waals surface area contributed by atoms with E-state index >= 15 is 0 Å². The number of nitriles is 1. The molecule has 0 aliphatic heterocycles. The predicted octanol–water partition coefficient (Wildman–Crippen LogP) is 3.15. The van der Waals surface area contributed by atoms with Gasteiger partial charge in [0, 0.05) is 4.88 Å². The van der Waals surface area contributed by atoms with E-state index in [0.717, 1.165) is 24.3 Å². The number of thiophene rings is 1. The number of nitrogens with zero attached hydrogens (tertiary/aromatic N) is 2. The van der Waals surface area contributed by atoms with Gasteiger partial charge in [-0.3, -0.25) is 0 Å². The second-order valence-corrected chi connectivity index (χ2v) is 5.09. The van der Waals surface area contributed by atoms with Crippen molar-refractivity contribution in [3.05, 3.63) is 16.0 Å². The number of aryl methyl sites for hydroxylation is 1. The molecule has 2 N–H and O–H groups in total. The average molecular weight is 290 g/mol. The Morgan fingerprint density at radius 1 is 1.47 bits per heavy atom. The lowest BCUT2D eigenvalue weighted by Crippen LogP contribution is -2.12. The van der Waals surface area contributed by atoms with Crippen molar-refractivity contribution in [2.75, 3.05) is 5.88 Å². The van der Waals surface area contributed by atoms with Crippen molar-refractivity contribution >= 4 is 46.2 Å². The fourth-order valence-electron chi connectivity index (χ4n) is 1.91. The van der Waals surface area contributed by atoms with Crippen LogP contribution in [0.4, 0.5) is 5.00 Å². The molecule has 0 fully saturated rings. The van der Waals surface area contributed by atoms with Crippen LogP contribution in [0.2, 0.25) is 0 Å². The molecule has 1 aromatic heterocycles. The lowest BCUT2D eigenvalue weighted by Gasteiger charge is -2.09. The number of halogens is 2. The van der Waals surface area contributed by atoms with Gasteiger partial charge in [-0.25, -0.2) is 4.99 Å². The Kier molecular flexibility index (Phi) is 5.26. The molecule has 3 nitrogen and oxygen atoms in total. The minimum absolute atomic E-state index is 0. The maximum Gasteiger partial charge on any atom is 0.136 e. The molecule has 1 aliphatic rings. The van der Waals surface area contributed by atoms with Crippen molar-refractivity contribution in [3.8, 4) is 6.07 Å². The molecule has 0 unspecified atom stereocenters. The normalized spacial score (nSPS) is 14.7. The first-order chi connectivity index (χ1) is 7.76. The van der Waals surface area contributed by atoms with E-state index < -0.39 is 0 Å². The van der Waals surface area contributed by atoms with E-state index in [1.54, 1.807) is 11.3 Å². The van der Waals surface area contributed by atoms with E-state index in [2.05, 4.69) is 11.1 Å². The summed E-state index contributed by atoms with van der Waals surface area (Å²) in [6, 6.07) is 2.24. The topological polar surface area (TPSA) is 62.2 Å². The molecule has 17 heavy (non-hydrogen) atoms. The standard InChI is InChI=1S/C11H12ClN3S.ClH/c12-5-10(14)15-11-8(6-13)7-3-1-2-4-9(7)16-11;/h1-5H2,(H2,14,15);1H. The maximum absolute atomic E-state index is 9.16. The first-order valence-corrected chi connectivity index (χ1v) is 6.55. The molecule has 1 aliphatic carbocycles. The largest absolute Gasteiger partial charge is 0.386 e. The van der Waals surface area contributed by atoms with Crippen LogP contribution in [0.15, 0.2) is 4.99 Å². The summed E-state index contributed by atoms with van der Waals surface area (Å²) < 4.78 is 0. The molecule has 0 aromatic carbocycles. The third-order valence-corrected chi connectivity index (χ3v) is 4.11. The monoisotopic (exact) mass is 289 g/mol. The van der Waals surface area contributed by atoms with Crippen molar-refractivity contribution in [2.24, 2.45) is 10.7 Å². The van der Waals surface area contributed by atoms with E-state index in [0.29, 0.717) is 11.4 Å². The van der Waals surface area contributed by atoms with Gasteiger partial charge in [-0.05, 0) is 31.2 Å². The van der Waals surface area contributed by atoms with E-state index in [1.165, 1.54) is 16.9 Å². The van der Waals surface area contributed by atoms with Crippen LogP contribution in [0.1, 0.15) is 28.8 Å². The lowest BCUT2D eigenvalue weighted by molar-refractivity contribution is 0.696. The molecule has 92 valence electrons. The molecular weight excluding hydrogens is 277 g/mol. The van der Waals surface area contributed by atoms with E-state index in [-0.39, 0.29) is 18.3 Å². The summed E-state index contributed by atoms with van der Waals surface area (Å²) in [6.07, 6.45) is 4.41. The van der Waals surface area contributed by atoms with Gasteiger partial charge in [0.1, 0.15) is 16.9 Å². The molecular formula is C11H13Cl2N3S. The van der Waals surface area contributed by atoms with Crippen LogP contribution in [0.3, 0.4) is 0 Å². The Balaban J connectivity index is 0.00000144. The molecule has 1 aromatic rings. The fourth-order valence-corrected chi connectivity index (χ4v) is 3.21. The number of amidine groups is 1. The van der Waals surface area contributed by atoms with Crippen LogP contribution < -0.4 is 5.73 Å². The van der Waals surface area contributed by atoms with Gasteiger partial charge in [-0.2, -0.15) is 5.26 Å². The average Bonchev–Trinajstić information content (AvgIpc) is 2.65. The summed E-state index contributed by atoms with van der Waals surface area (Å²) in [5.74, 6) is 0.574. The first-order valence-electron chi connectivity index (χ1n) is 5.20. The van der Waals surface area contributed by atoms with E-state index in [1.807, 2.05) is 0 Å². The fraction of sp³-hybridized carbons (Fsp3) is 0.455. The van der Waals surface area contributed by atoms with Gasteiger partial charge in [0.05, 0.1) is 11.4 Å². The lowest BCUT2D eigenvalue weighted by atomic mass is 9.96. The van der Waals surface area contributed by atoms with Crippen molar-refractivity contribution in [2.45, 2.75) is 25.7 Å². The highest BCUT2D eigenvalue weighted by Crippen LogP contribution is 2.39. The van der Waals surface area contributed by atoms with Gasteiger partial charge < -0.3 is 5.73 Å². The Morgan fingerprint density at radius 3 is 2.82 bits per heavy atom. The number of hydrogen-bond acceptors (Lipinski definition) is 3. The molecule has 0 bridgehead atoms. The van der Waals surface area contributed by atoms with Crippen molar-refractivity contribution in [1.82, 2.24) is 0 Å². The van der Waals surface area contributed by atoms with Gasteiger partial charge in [-0.1, -0.05) is 0 Å². The first kappa shape index (κ1) is 14.3. The Labute approximate surface area is 116 Å². The third kappa shape index (κ3) is 2.92. The van der Waals surface area contributed by atoms with Gasteiger partial charge >= 0.3 is 0 Å². The van der Waals surface area contributed by atoms with E-state index in [9.17, 15) is 0 Å². The second-order valence-electron chi connectivity index (χ2n) is 3.74. The third-order valence-electron chi connectivity index (χ3n) is 2.65.